The van der Waals surface area contributed by atoms with Crippen molar-refractivity contribution in [2.45, 2.75) is 52.0 Å². The quantitative estimate of drug-likeness (QED) is 0.572. The summed E-state index contributed by atoms with van der Waals surface area (Å²) >= 11 is 0. The Bertz CT molecular complexity index is 395. The molecule has 0 radical (unpaired) electrons. The van der Waals surface area contributed by atoms with Crippen molar-refractivity contribution in [2.75, 3.05) is 13.2 Å². The third-order valence-electron chi connectivity index (χ3n) is 3.50. The van der Waals surface area contributed by atoms with Gasteiger partial charge in [0.05, 0.1) is 6.61 Å². The second-order valence-corrected chi connectivity index (χ2v) is 5.03. The Labute approximate surface area is 109 Å². The molecule has 0 spiro atoms. The van der Waals surface area contributed by atoms with Gasteiger partial charge in [0, 0.05) is 37.5 Å². The van der Waals surface area contributed by atoms with Crippen LogP contribution < -0.4 is 0 Å². The number of hydrogen-bond donors (Lipinski definition) is 0. The molecule has 0 saturated carbocycles. The highest BCUT2D eigenvalue weighted by molar-refractivity contribution is 5.97. The van der Waals surface area contributed by atoms with Crippen LogP contribution in [-0.4, -0.2) is 23.6 Å². The molecular formula is C15H23NO2. The summed E-state index contributed by atoms with van der Waals surface area (Å²) in [7, 11) is 0. The SMILES string of the molecule is CCCCOCCn1cc2c(c1)C(=O)CCCC2. The standard InChI is InChI=1S/C15H23NO2/c1-2-3-9-18-10-8-16-11-13-6-4-5-7-15(17)14(13)12-16/h11-12H,2-10H2,1H3. The van der Waals surface area contributed by atoms with Crippen molar-refractivity contribution in [3.63, 3.8) is 0 Å². The van der Waals surface area contributed by atoms with Crippen molar-refractivity contribution in [1.82, 2.24) is 4.57 Å². The number of aromatic nitrogens is 1. The van der Waals surface area contributed by atoms with Gasteiger partial charge in [0.15, 0.2) is 5.78 Å². The number of rotatable bonds is 6. The first-order valence-electron chi connectivity index (χ1n) is 7.11. The number of nitrogens with zero attached hydrogens (tertiary/aromatic N) is 1. The summed E-state index contributed by atoms with van der Waals surface area (Å²) < 4.78 is 7.67. The lowest BCUT2D eigenvalue weighted by Crippen LogP contribution is -2.05. The number of unbranched alkanes of at least 4 members (excludes halogenated alkanes) is 1. The minimum absolute atomic E-state index is 0.313. The molecule has 0 saturated heterocycles. The van der Waals surface area contributed by atoms with Gasteiger partial charge in [0.1, 0.15) is 0 Å². The average molecular weight is 249 g/mol. The lowest BCUT2D eigenvalue weighted by atomic mass is 10.1. The molecule has 0 fully saturated rings. The van der Waals surface area contributed by atoms with Gasteiger partial charge in [-0.05, 0) is 31.2 Å². The number of fused-ring (bicyclic) bond motifs is 1. The fraction of sp³-hybridized carbons (Fsp3) is 0.667. The first-order chi connectivity index (χ1) is 8.81. The van der Waals surface area contributed by atoms with E-state index >= 15 is 0 Å². The van der Waals surface area contributed by atoms with Gasteiger partial charge < -0.3 is 9.30 Å². The maximum Gasteiger partial charge on any atom is 0.164 e. The number of Topliss-reactive ketones (excluding diaryl/α,β-unsaturated/α-hetero) is 1. The fourth-order valence-corrected chi connectivity index (χ4v) is 2.39. The molecule has 0 aromatic carbocycles. The molecule has 0 unspecified atom stereocenters. The molecule has 0 amide bonds. The second-order valence-electron chi connectivity index (χ2n) is 5.03. The van der Waals surface area contributed by atoms with Crippen molar-refractivity contribution < 1.29 is 9.53 Å². The van der Waals surface area contributed by atoms with Gasteiger partial charge in [-0.1, -0.05) is 13.3 Å². The predicted molar refractivity (Wildman–Crippen MR) is 72.0 cm³/mol. The third-order valence-corrected chi connectivity index (χ3v) is 3.50. The van der Waals surface area contributed by atoms with Crippen LogP contribution in [0.15, 0.2) is 12.4 Å². The van der Waals surface area contributed by atoms with Crippen molar-refractivity contribution in [2.24, 2.45) is 0 Å². The second kappa shape index (κ2) is 6.74. The highest BCUT2D eigenvalue weighted by Crippen LogP contribution is 2.21. The van der Waals surface area contributed by atoms with Gasteiger partial charge in [-0.2, -0.15) is 0 Å². The fourth-order valence-electron chi connectivity index (χ4n) is 2.39. The van der Waals surface area contributed by atoms with Crippen LogP contribution >= 0.6 is 0 Å². The molecule has 1 aliphatic rings. The summed E-state index contributed by atoms with van der Waals surface area (Å²) in [6, 6.07) is 0. The van der Waals surface area contributed by atoms with Crippen LogP contribution in [0.25, 0.3) is 0 Å². The minimum Gasteiger partial charge on any atom is -0.380 e. The molecule has 3 nitrogen and oxygen atoms in total. The normalized spacial score (nSPS) is 15.5. The van der Waals surface area contributed by atoms with E-state index < -0.39 is 0 Å². The summed E-state index contributed by atoms with van der Waals surface area (Å²) in [4.78, 5) is 11.9. The van der Waals surface area contributed by atoms with E-state index in [-0.39, 0.29) is 0 Å². The molecule has 0 atom stereocenters. The van der Waals surface area contributed by atoms with Gasteiger partial charge in [0.2, 0.25) is 0 Å². The largest absolute Gasteiger partial charge is 0.380 e. The van der Waals surface area contributed by atoms with Gasteiger partial charge in [-0.15, -0.1) is 0 Å². The Morgan fingerprint density at radius 3 is 2.89 bits per heavy atom. The number of ether oxygens (including phenoxy) is 1. The van der Waals surface area contributed by atoms with E-state index in [1.807, 2.05) is 6.20 Å². The van der Waals surface area contributed by atoms with E-state index in [1.165, 1.54) is 12.0 Å². The van der Waals surface area contributed by atoms with E-state index in [0.717, 1.165) is 51.0 Å². The monoisotopic (exact) mass is 249 g/mol. The summed E-state index contributed by atoms with van der Waals surface area (Å²) in [6.45, 7) is 4.60. The van der Waals surface area contributed by atoms with E-state index in [1.54, 1.807) is 0 Å². The van der Waals surface area contributed by atoms with Gasteiger partial charge in [-0.3, -0.25) is 4.79 Å². The molecule has 1 aliphatic carbocycles. The Hall–Kier alpha value is -1.09. The lowest BCUT2D eigenvalue weighted by Gasteiger charge is -2.04. The molecule has 1 aromatic heterocycles. The zero-order valence-electron chi connectivity index (χ0n) is 11.3. The maximum absolute atomic E-state index is 11.9. The van der Waals surface area contributed by atoms with E-state index in [0.29, 0.717) is 12.2 Å². The van der Waals surface area contributed by atoms with Crippen molar-refractivity contribution in [3.05, 3.63) is 23.5 Å². The number of aryl methyl sites for hydroxylation is 1. The van der Waals surface area contributed by atoms with Crippen molar-refractivity contribution in [1.29, 1.82) is 0 Å². The number of carbonyl (C=O) groups excluding carboxylic acids is 1. The molecule has 3 heteroatoms. The molecule has 0 aliphatic heterocycles. The Kier molecular flexibility index (Phi) is 5.00. The lowest BCUT2D eigenvalue weighted by molar-refractivity contribution is 0.0981. The minimum atomic E-state index is 0.313. The Balaban J connectivity index is 1.87. The molecule has 1 heterocycles. The number of hydrogen-bond acceptors (Lipinski definition) is 2. The number of ketones is 1. The van der Waals surface area contributed by atoms with Crippen LogP contribution in [0.1, 0.15) is 54.9 Å². The van der Waals surface area contributed by atoms with Gasteiger partial charge in [-0.25, -0.2) is 0 Å². The topological polar surface area (TPSA) is 31.2 Å². The van der Waals surface area contributed by atoms with E-state index in [9.17, 15) is 4.79 Å². The zero-order valence-corrected chi connectivity index (χ0v) is 11.3. The highest BCUT2D eigenvalue weighted by atomic mass is 16.5. The summed E-state index contributed by atoms with van der Waals surface area (Å²) in [5, 5.41) is 0. The zero-order chi connectivity index (χ0) is 12.8. The smallest absolute Gasteiger partial charge is 0.164 e. The van der Waals surface area contributed by atoms with Crippen molar-refractivity contribution >= 4 is 5.78 Å². The first kappa shape index (κ1) is 13.3. The Morgan fingerprint density at radius 2 is 2.06 bits per heavy atom. The predicted octanol–water partition coefficient (Wildman–Crippen LogP) is 3.21. The van der Waals surface area contributed by atoms with Crippen molar-refractivity contribution in [3.8, 4) is 0 Å². The highest BCUT2D eigenvalue weighted by Gasteiger charge is 2.17. The number of carbonyl (C=O) groups is 1. The molecule has 0 N–H and O–H groups in total. The van der Waals surface area contributed by atoms with Crippen LogP contribution in [0.4, 0.5) is 0 Å². The van der Waals surface area contributed by atoms with Crippen LogP contribution in [0.5, 0.6) is 0 Å². The molecule has 2 rings (SSSR count). The summed E-state index contributed by atoms with van der Waals surface area (Å²) in [5.41, 5.74) is 2.17. The van der Waals surface area contributed by atoms with E-state index in [2.05, 4.69) is 17.7 Å². The van der Waals surface area contributed by atoms with E-state index in [4.69, 9.17) is 4.74 Å². The molecule has 1 aromatic rings. The van der Waals surface area contributed by atoms with Crippen LogP contribution in [0.2, 0.25) is 0 Å². The average Bonchev–Trinajstić information content (AvgIpc) is 2.70. The Morgan fingerprint density at radius 1 is 1.22 bits per heavy atom. The summed E-state index contributed by atoms with van der Waals surface area (Å²) in [5.74, 6) is 0.313. The summed E-state index contributed by atoms with van der Waals surface area (Å²) in [6.07, 6.45) is 10.4. The van der Waals surface area contributed by atoms with Gasteiger partial charge in [0.25, 0.3) is 0 Å². The molecule has 18 heavy (non-hydrogen) atoms. The molecular weight excluding hydrogens is 226 g/mol. The van der Waals surface area contributed by atoms with Gasteiger partial charge >= 0.3 is 0 Å². The first-order valence-corrected chi connectivity index (χ1v) is 7.11. The van der Waals surface area contributed by atoms with Crippen LogP contribution in [-0.2, 0) is 17.7 Å². The molecule has 100 valence electrons. The van der Waals surface area contributed by atoms with Crippen LogP contribution in [0.3, 0.4) is 0 Å². The molecule has 0 bridgehead atoms. The maximum atomic E-state index is 11.9. The van der Waals surface area contributed by atoms with Crippen LogP contribution in [0, 0.1) is 0 Å². The third kappa shape index (κ3) is 3.45.